The Morgan fingerprint density at radius 2 is 2.05 bits per heavy atom. The second-order valence-electron chi connectivity index (χ2n) is 5.64. The summed E-state index contributed by atoms with van der Waals surface area (Å²) in [7, 11) is 0. The van der Waals surface area contributed by atoms with E-state index in [0.717, 1.165) is 25.7 Å². The molecule has 2 unspecified atom stereocenters. The lowest BCUT2D eigenvalue weighted by molar-refractivity contribution is 0.0556. The molecule has 5 heteroatoms. The first-order valence-corrected chi connectivity index (χ1v) is 7.61. The molecule has 0 spiro atoms. The Morgan fingerprint density at radius 1 is 1.33 bits per heavy atom. The standard InChI is InChI=1S/C16H24N2O3/c1-2-18(14-6-4-3-5-11(14)10-17)16(21)13-9-12(19)7-8-15(13)20/h7-9,11,14,19-20H,2-6,10,17H2,1H3. The third-order valence-electron chi connectivity index (χ3n) is 4.38. The van der Waals surface area contributed by atoms with Gasteiger partial charge < -0.3 is 20.8 Å². The van der Waals surface area contributed by atoms with Crippen LogP contribution in [0.15, 0.2) is 18.2 Å². The SMILES string of the molecule is CCN(C(=O)c1cc(O)ccc1O)C1CCCCC1CN. The third kappa shape index (κ3) is 3.29. The number of carbonyl (C=O) groups excluding carboxylic acids is 1. The molecule has 0 heterocycles. The lowest BCUT2D eigenvalue weighted by atomic mass is 9.83. The van der Waals surface area contributed by atoms with Gasteiger partial charge in [-0.1, -0.05) is 12.8 Å². The second-order valence-corrected chi connectivity index (χ2v) is 5.64. The van der Waals surface area contributed by atoms with Crippen LogP contribution in [0.1, 0.15) is 43.0 Å². The maximum absolute atomic E-state index is 12.7. The van der Waals surface area contributed by atoms with E-state index in [1.807, 2.05) is 6.92 Å². The Hall–Kier alpha value is -1.75. The molecule has 0 aromatic heterocycles. The van der Waals surface area contributed by atoms with Crippen molar-refractivity contribution in [3.8, 4) is 11.5 Å². The van der Waals surface area contributed by atoms with E-state index in [1.165, 1.54) is 18.2 Å². The van der Waals surface area contributed by atoms with Crippen molar-refractivity contribution in [1.82, 2.24) is 4.90 Å². The average molecular weight is 292 g/mol. The van der Waals surface area contributed by atoms with Gasteiger partial charge in [-0.3, -0.25) is 4.79 Å². The smallest absolute Gasteiger partial charge is 0.257 e. The zero-order chi connectivity index (χ0) is 15.4. The highest BCUT2D eigenvalue weighted by atomic mass is 16.3. The van der Waals surface area contributed by atoms with E-state index < -0.39 is 0 Å². The predicted octanol–water partition coefficient (Wildman–Crippen LogP) is 2.08. The number of nitrogens with two attached hydrogens (primary N) is 1. The van der Waals surface area contributed by atoms with Gasteiger partial charge >= 0.3 is 0 Å². The molecular weight excluding hydrogens is 268 g/mol. The van der Waals surface area contributed by atoms with Gasteiger partial charge in [0, 0.05) is 12.6 Å². The van der Waals surface area contributed by atoms with E-state index in [1.54, 1.807) is 4.90 Å². The highest BCUT2D eigenvalue weighted by molar-refractivity contribution is 5.97. The molecule has 4 N–H and O–H groups in total. The van der Waals surface area contributed by atoms with Crippen LogP contribution in [0.5, 0.6) is 11.5 Å². The molecule has 2 rings (SSSR count). The molecule has 1 aromatic carbocycles. The molecule has 1 saturated carbocycles. The van der Waals surface area contributed by atoms with E-state index >= 15 is 0 Å². The molecule has 1 amide bonds. The largest absolute Gasteiger partial charge is 0.508 e. The molecule has 1 fully saturated rings. The van der Waals surface area contributed by atoms with Crippen molar-refractivity contribution in [2.75, 3.05) is 13.1 Å². The first-order chi connectivity index (χ1) is 10.1. The topological polar surface area (TPSA) is 86.8 Å². The number of hydrogen-bond acceptors (Lipinski definition) is 4. The number of carbonyl (C=O) groups is 1. The number of benzene rings is 1. The van der Waals surface area contributed by atoms with Crippen molar-refractivity contribution in [1.29, 1.82) is 0 Å². The van der Waals surface area contributed by atoms with Crippen LogP contribution in [-0.2, 0) is 0 Å². The van der Waals surface area contributed by atoms with Gasteiger partial charge in [-0.2, -0.15) is 0 Å². The van der Waals surface area contributed by atoms with Crippen molar-refractivity contribution >= 4 is 5.91 Å². The number of amides is 1. The number of aromatic hydroxyl groups is 2. The number of nitrogens with zero attached hydrogens (tertiary/aromatic N) is 1. The monoisotopic (exact) mass is 292 g/mol. The van der Waals surface area contributed by atoms with Crippen LogP contribution < -0.4 is 5.73 Å². The molecule has 21 heavy (non-hydrogen) atoms. The Balaban J connectivity index is 2.27. The van der Waals surface area contributed by atoms with E-state index in [-0.39, 0.29) is 29.0 Å². The van der Waals surface area contributed by atoms with Crippen molar-refractivity contribution < 1.29 is 15.0 Å². The lowest BCUT2D eigenvalue weighted by Gasteiger charge is -2.39. The third-order valence-corrected chi connectivity index (χ3v) is 4.38. The van der Waals surface area contributed by atoms with Crippen molar-refractivity contribution in [3.05, 3.63) is 23.8 Å². The van der Waals surface area contributed by atoms with Gasteiger partial charge in [0.1, 0.15) is 11.5 Å². The fourth-order valence-corrected chi connectivity index (χ4v) is 3.25. The summed E-state index contributed by atoms with van der Waals surface area (Å²) in [5.74, 6) is -0.0547. The molecule has 1 aliphatic carbocycles. The number of phenols is 2. The van der Waals surface area contributed by atoms with Crippen LogP contribution in [0.4, 0.5) is 0 Å². The zero-order valence-corrected chi connectivity index (χ0v) is 12.5. The molecule has 1 aromatic rings. The van der Waals surface area contributed by atoms with Crippen LogP contribution in [0.3, 0.4) is 0 Å². The van der Waals surface area contributed by atoms with Crippen LogP contribution in [0, 0.1) is 5.92 Å². The number of hydrogen-bond donors (Lipinski definition) is 3. The Kier molecular flexibility index (Phi) is 5.07. The van der Waals surface area contributed by atoms with Gasteiger partial charge in [0.2, 0.25) is 0 Å². The Morgan fingerprint density at radius 3 is 2.71 bits per heavy atom. The average Bonchev–Trinajstić information content (AvgIpc) is 2.50. The fraction of sp³-hybridized carbons (Fsp3) is 0.562. The summed E-state index contributed by atoms with van der Waals surface area (Å²) >= 11 is 0. The molecule has 0 bridgehead atoms. The summed E-state index contributed by atoms with van der Waals surface area (Å²) in [5.41, 5.74) is 6.00. The van der Waals surface area contributed by atoms with Gasteiger partial charge in [0.05, 0.1) is 5.56 Å². The molecule has 1 aliphatic rings. The van der Waals surface area contributed by atoms with Crippen LogP contribution in [0.2, 0.25) is 0 Å². The Bertz CT molecular complexity index is 504. The quantitative estimate of drug-likeness (QED) is 0.741. The van der Waals surface area contributed by atoms with Gasteiger partial charge in [0.25, 0.3) is 5.91 Å². The molecular formula is C16H24N2O3. The highest BCUT2D eigenvalue weighted by Gasteiger charge is 2.32. The zero-order valence-electron chi connectivity index (χ0n) is 12.5. The first-order valence-electron chi connectivity index (χ1n) is 7.61. The highest BCUT2D eigenvalue weighted by Crippen LogP contribution is 2.31. The van der Waals surface area contributed by atoms with Crippen LogP contribution >= 0.6 is 0 Å². The van der Waals surface area contributed by atoms with Gasteiger partial charge in [-0.05, 0) is 50.4 Å². The van der Waals surface area contributed by atoms with Crippen molar-refractivity contribution in [2.24, 2.45) is 11.7 Å². The summed E-state index contributed by atoms with van der Waals surface area (Å²) in [6.45, 7) is 3.06. The maximum atomic E-state index is 12.7. The number of phenolic OH excluding ortho intramolecular Hbond substituents is 2. The second kappa shape index (κ2) is 6.80. The summed E-state index contributed by atoms with van der Waals surface area (Å²) in [5, 5.41) is 19.4. The normalized spacial score (nSPS) is 22.0. The molecule has 0 saturated heterocycles. The molecule has 0 radical (unpaired) electrons. The van der Waals surface area contributed by atoms with Crippen molar-refractivity contribution in [3.63, 3.8) is 0 Å². The first kappa shape index (κ1) is 15.6. The summed E-state index contributed by atoms with van der Waals surface area (Å²) in [4.78, 5) is 14.5. The van der Waals surface area contributed by atoms with Crippen LogP contribution in [0.25, 0.3) is 0 Å². The molecule has 116 valence electrons. The van der Waals surface area contributed by atoms with Gasteiger partial charge in [-0.15, -0.1) is 0 Å². The minimum absolute atomic E-state index is 0.0220. The van der Waals surface area contributed by atoms with E-state index in [2.05, 4.69) is 0 Å². The Labute approximate surface area is 125 Å². The van der Waals surface area contributed by atoms with E-state index in [0.29, 0.717) is 19.0 Å². The fourth-order valence-electron chi connectivity index (χ4n) is 3.25. The summed E-state index contributed by atoms with van der Waals surface area (Å²) in [6, 6.07) is 4.15. The maximum Gasteiger partial charge on any atom is 0.257 e. The minimum Gasteiger partial charge on any atom is -0.508 e. The molecule has 5 nitrogen and oxygen atoms in total. The molecule has 0 aliphatic heterocycles. The van der Waals surface area contributed by atoms with Crippen molar-refractivity contribution in [2.45, 2.75) is 38.6 Å². The van der Waals surface area contributed by atoms with E-state index in [4.69, 9.17) is 5.73 Å². The van der Waals surface area contributed by atoms with Gasteiger partial charge in [0.15, 0.2) is 0 Å². The van der Waals surface area contributed by atoms with Crippen LogP contribution in [-0.4, -0.2) is 40.2 Å². The van der Waals surface area contributed by atoms with Gasteiger partial charge in [-0.25, -0.2) is 0 Å². The summed E-state index contributed by atoms with van der Waals surface area (Å²) < 4.78 is 0. The van der Waals surface area contributed by atoms with E-state index in [9.17, 15) is 15.0 Å². The molecule has 2 atom stereocenters. The summed E-state index contributed by atoms with van der Waals surface area (Å²) in [6.07, 6.45) is 4.23. The lowest BCUT2D eigenvalue weighted by Crippen LogP contribution is -2.48. The number of rotatable bonds is 4. The minimum atomic E-state index is -0.240. The predicted molar refractivity (Wildman–Crippen MR) is 81.3 cm³/mol.